The second-order valence-electron chi connectivity index (χ2n) is 6.67. The molecule has 0 amide bonds. The number of fused-ring (bicyclic) bond motifs is 2. The minimum Gasteiger partial charge on any atom is -0.299 e. The molecule has 4 rings (SSSR count). The van der Waals surface area contributed by atoms with E-state index in [4.69, 9.17) is 0 Å². The molecule has 0 saturated heterocycles. The Labute approximate surface area is 141 Å². The summed E-state index contributed by atoms with van der Waals surface area (Å²) in [5.74, 6) is 0.120. The topological polar surface area (TPSA) is 17.1 Å². The Kier molecular flexibility index (Phi) is 3.68. The van der Waals surface area contributed by atoms with Crippen LogP contribution in [0.25, 0.3) is 5.57 Å². The van der Waals surface area contributed by atoms with Crippen LogP contribution in [0.2, 0.25) is 0 Å². The predicted octanol–water partition coefficient (Wildman–Crippen LogP) is 5.06. The third-order valence-corrected chi connectivity index (χ3v) is 5.47. The summed E-state index contributed by atoms with van der Waals surface area (Å²) in [7, 11) is 0. The number of allylic oxidation sites excluding steroid dienone is 3. The van der Waals surface area contributed by atoms with Gasteiger partial charge in [-0.2, -0.15) is 0 Å². The van der Waals surface area contributed by atoms with Crippen LogP contribution in [0.3, 0.4) is 0 Å². The summed E-state index contributed by atoms with van der Waals surface area (Å²) in [5, 5.41) is 0. The number of hydrogen-bond donors (Lipinski definition) is 0. The van der Waals surface area contributed by atoms with Gasteiger partial charge in [-0.15, -0.1) is 0 Å². The van der Waals surface area contributed by atoms with Gasteiger partial charge in [0.2, 0.25) is 0 Å². The van der Waals surface area contributed by atoms with Gasteiger partial charge >= 0.3 is 0 Å². The van der Waals surface area contributed by atoms with Crippen LogP contribution in [0, 0.1) is 11.7 Å². The van der Waals surface area contributed by atoms with Crippen LogP contribution in [0.5, 0.6) is 0 Å². The van der Waals surface area contributed by atoms with Crippen LogP contribution < -0.4 is 0 Å². The Bertz CT molecular complexity index is 831. The largest absolute Gasteiger partial charge is 0.299 e. The van der Waals surface area contributed by atoms with Gasteiger partial charge < -0.3 is 0 Å². The minimum absolute atomic E-state index is 0.0418. The quantitative estimate of drug-likeness (QED) is 0.571. The average molecular weight is 318 g/mol. The summed E-state index contributed by atoms with van der Waals surface area (Å²) in [6.45, 7) is 0. The smallest absolute Gasteiger partial charge is 0.142 e. The molecule has 2 aliphatic rings. The summed E-state index contributed by atoms with van der Waals surface area (Å²) in [6, 6.07) is 15.2. The van der Waals surface area contributed by atoms with Crippen molar-refractivity contribution in [3.05, 3.63) is 89.3 Å². The van der Waals surface area contributed by atoms with Gasteiger partial charge in [0.05, 0.1) is 0 Å². The maximum Gasteiger partial charge on any atom is 0.142 e. The van der Waals surface area contributed by atoms with Crippen LogP contribution in [0.4, 0.5) is 4.39 Å². The van der Waals surface area contributed by atoms with Crippen molar-refractivity contribution in [2.45, 2.75) is 24.7 Å². The normalized spacial score (nSPS) is 25.2. The van der Waals surface area contributed by atoms with Gasteiger partial charge in [0, 0.05) is 5.41 Å². The van der Waals surface area contributed by atoms with E-state index < -0.39 is 0 Å². The zero-order valence-electron chi connectivity index (χ0n) is 13.4. The first-order chi connectivity index (χ1) is 11.7. The number of carbonyl (C=O) groups excluding carboxylic acids is 1. The average Bonchev–Trinajstić information content (AvgIpc) is 3.17. The Balaban J connectivity index is 1.88. The zero-order valence-corrected chi connectivity index (χ0v) is 13.4. The second-order valence-corrected chi connectivity index (χ2v) is 6.67. The van der Waals surface area contributed by atoms with E-state index in [2.05, 4.69) is 36.4 Å². The minimum atomic E-state index is -0.215. The lowest BCUT2D eigenvalue weighted by Crippen LogP contribution is -2.25. The lowest BCUT2D eigenvalue weighted by Gasteiger charge is -2.29. The van der Waals surface area contributed by atoms with Gasteiger partial charge in [-0.1, -0.05) is 55.0 Å². The second kappa shape index (κ2) is 5.86. The molecular weight excluding hydrogens is 299 g/mol. The molecule has 0 aromatic heterocycles. The Morgan fingerprint density at radius 3 is 2.67 bits per heavy atom. The molecule has 2 atom stereocenters. The molecule has 24 heavy (non-hydrogen) atoms. The fraction of sp³-hybridized carbons (Fsp3) is 0.227. The molecule has 1 spiro atoms. The van der Waals surface area contributed by atoms with E-state index in [9.17, 15) is 9.18 Å². The fourth-order valence-electron chi connectivity index (χ4n) is 4.42. The van der Waals surface area contributed by atoms with Crippen molar-refractivity contribution in [1.82, 2.24) is 0 Å². The molecule has 1 fully saturated rings. The molecular formula is C22H19FO. The molecule has 2 heteroatoms. The first kappa shape index (κ1) is 15.1. The van der Waals surface area contributed by atoms with Crippen molar-refractivity contribution in [3.63, 3.8) is 0 Å². The van der Waals surface area contributed by atoms with E-state index >= 15 is 0 Å². The third-order valence-electron chi connectivity index (χ3n) is 5.47. The van der Waals surface area contributed by atoms with Crippen molar-refractivity contribution < 1.29 is 9.18 Å². The zero-order chi connectivity index (χ0) is 16.6. The molecule has 120 valence electrons. The molecule has 2 aromatic carbocycles. The lowest BCUT2D eigenvalue weighted by molar-refractivity contribution is -0.104. The molecule has 2 aromatic rings. The number of benzene rings is 2. The highest BCUT2D eigenvalue weighted by atomic mass is 19.1. The number of rotatable bonds is 3. The maximum atomic E-state index is 13.3. The summed E-state index contributed by atoms with van der Waals surface area (Å²) in [5.41, 5.74) is 4.75. The number of hydrogen-bond acceptors (Lipinski definition) is 1. The van der Waals surface area contributed by atoms with E-state index in [0.29, 0.717) is 5.92 Å². The Hall–Kier alpha value is -2.48. The first-order valence-corrected chi connectivity index (χ1v) is 8.45. The van der Waals surface area contributed by atoms with Crippen LogP contribution in [0.1, 0.15) is 36.0 Å². The predicted molar refractivity (Wildman–Crippen MR) is 94.1 cm³/mol. The van der Waals surface area contributed by atoms with Crippen molar-refractivity contribution in [2.24, 2.45) is 5.92 Å². The molecule has 2 unspecified atom stereocenters. The fourth-order valence-corrected chi connectivity index (χ4v) is 4.42. The number of halogens is 1. The Morgan fingerprint density at radius 2 is 1.88 bits per heavy atom. The van der Waals surface area contributed by atoms with Crippen molar-refractivity contribution in [2.75, 3.05) is 0 Å². The van der Waals surface area contributed by atoms with Gasteiger partial charge in [0.1, 0.15) is 12.1 Å². The summed E-state index contributed by atoms with van der Waals surface area (Å²) < 4.78 is 13.3. The third kappa shape index (κ3) is 2.25. The highest BCUT2D eigenvalue weighted by Crippen LogP contribution is 2.55. The van der Waals surface area contributed by atoms with E-state index in [1.807, 2.05) is 12.1 Å². The Morgan fingerprint density at radius 1 is 1.08 bits per heavy atom. The van der Waals surface area contributed by atoms with Gasteiger partial charge in [-0.05, 0) is 59.2 Å². The molecule has 1 saturated carbocycles. The van der Waals surface area contributed by atoms with Crippen LogP contribution in [-0.2, 0) is 10.2 Å². The van der Waals surface area contributed by atoms with Crippen molar-refractivity contribution >= 4 is 11.9 Å². The molecule has 1 nitrogen and oxygen atoms in total. The maximum absolute atomic E-state index is 13.3. The van der Waals surface area contributed by atoms with Gasteiger partial charge in [-0.3, -0.25) is 4.79 Å². The number of aldehydes is 1. The highest BCUT2D eigenvalue weighted by Gasteiger charge is 2.46. The SMILES string of the molecule is O=C/C=C/C1CCCC12C=C(c1ccc(F)cc1)c1ccccc12. The highest BCUT2D eigenvalue weighted by molar-refractivity contribution is 5.87. The first-order valence-electron chi connectivity index (χ1n) is 8.45. The van der Waals surface area contributed by atoms with Crippen LogP contribution in [-0.4, -0.2) is 6.29 Å². The molecule has 0 heterocycles. The molecule has 2 aliphatic carbocycles. The molecule has 0 radical (unpaired) electrons. The summed E-state index contributed by atoms with van der Waals surface area (Å²) >= 11 is 0. The van der Waals surface area contributed by atoms with E-state index in [1.165, 1.54) is 28.8 Å². The lowest BCUT2D eigenvalue weighted by atomic mass is 9.74. The van der Waals surface area contributed by atoms with Gasteiger partial charge in [0.25, 0.3) is 0 Å². The molecule has 0 N–H and O–H groups in total. The monoisotopic (exact) mass is 318 g/mol. The van der Waals surface area contributed by atoms with Crippen LogP contribution in [0.15, 0.2) is 66.8 Å². The van der Waals surface area contributed by atoms with E-state index in [-0.39, 0.29) is 11.2 Å². The summed E-state index contributed by atoms with van der Waals surface area (Å²) in [6.07, 6.45) is 10.2. The van der Waals surface area contributed by atoms with Gasteiger partial charge in [0.15, 0.2) is 0 Å². The van der Waals surface area contributed by atoms with Gasteiger partial charge in [-0.25, -0.2) is 4.39 Å². The van der Waals surface area contributed by atoms with E-state index in [1.54, 1.807) is 6.08 Å². The summed E-state index contributed by atoms with van der Waals surface area (Å²) in [4.78, 5) is 10.8. The standard InChI is InChI=1S/C22H19FO/c23-18-11-9-16(10-12-18)20-15-22(21-8-2-1-7-19(20)21)13-3-5-17(22)6-4-14-24/h1-2,4,6-12,14-15,17H,3,5,13H2/b6-4+. The number of carbonyl (C=O) groups is 1. The van der Waals surface area contributed by atoms with Crippen molar-refractivity contribution in [3.8, 4) is 0 Å². The molecule has 0 bridgehead atoms. The van der Waals surface area contributed by atoms with E-state index in [0.717, 1.165) is 31.1 Å². The van der Waals surface area contributed by atoms with Crippen LogP contribution >= 0.6 is 0 Å². The molecule has 0 aliphatic heterocycles. The van der Waals surface area contributed by atoms with Crippen molar-refractivity contribution in [1.29, 1.82) is 0 Å².